The molecule has 0 aliphatic carbocycles. The van der Waals surface area contributed by atoms with Crippen molar-refractivity contribution in [2.75, 3.05) is 26.4 Å². The quantitative estimate of drug-likeness (QED) is 0.0348. The highest BCUT2D eigenvalue weighted by Crippen LogP contribution is 2.43. The maximum absolute atomic E-state index is 12.8. The van der Waals surface area contributed by atoms with Crippen LogP contribution in [0.4, 0.5) is 0 Å². The monoisotopic (exact) mass is 874 g/mol. The van der Waals surface area contributed by atoms with E-state index < -0.39 is 32.5 Å². The number of esters is 2. The van der Waals surface area contributed by atoms with Crippen LogP contribution < -0.4 is 5.32 Å². The Bertz CT molecular complexity index is 1010. The molecule has 60 heavy (non-hydrogen) atoms. The molecule has 2 N–H and O–H groups in total. The van der Waals surface area contributed by atoms with Crippen molar-refractivity contribution in [3.63, 3.8) is 0 Å². The van der Waals surface area contributed by atoms with Crippen molar-refractivity contribution < 1.29 is 42.4 Å². The molecule has 0 heterocycles. The lowest BCUT2D eigenvalue weighted by atomic mass is 10.0. The minimum Gasteiger partial charge on any atom is -0.462 e. The third-order valence-electron chi connectivity index (χ3n) is 11.3. The van der Waals surface area contributed by atoms with Crippen LogP contribution in [0.2, 0.25) is 0 Å². The maximum Gasteiger partial charge on any atom is 0.472 e. The molecule has 0 aromatic carbocycles. The maximum atomic E-state index is 12.8. The molecule has 0 radical (unpaired) electrons. The van der Waals surface area contributed by atoms with E-state index in [1.807, 2.05) is 0 Å². The second-order valence-electron chi connectivity index (χ2n) is 17.3. The Morgan fingerprint density at radius 3 is 1.17 bits per heavy atom. The fourth-order valence-corrected chi connectivity index (χ4v) is 8.20. The summed E-state index contributed by atoms with van der Waals surface area (Å²) in [5, 5.41) is 2.72. The van der Waals surface area contributed by atoms with Gasteiger partial charge in [-0.1, -0.05) is 226 Å². The van der Waals surface area contributed by atoms with Gasteiger partial charge in [-0.25, -0.2) is 4.57 Å². The normalized spacial score (nSPS) is 12.9. The van der Waals surface area contributed by atoms with E-state index in [1.165, 1.54) is 161 Å². The van der Waals surface area contributed by atoms with Crippen molar-refractivity contribution in [2.45, 2.75) is 271 Å². The zero-order valence-corrected chi connectivity index (χ0v) is 40.3. The predicted molar refractivity (Wildman–Crippen MR) is 248 cm³/mol. The van der Waals surface area contributed by atoms with E-state index in [2.05, 4.69) is 26.1 Å². The Morgan fingerprint density at radius 1 is 0.450 bits per heavy atom. The number of rotatable bonds is 48. The average molecular weight is 874 g/mol. The van der Waals surface area contributed by atoms with Gasteiger partial charge in [0.1, 0.15) is 6.61 Å². The lowest BCUT2D eigenvalue weighted by Gasteiger charge is -2.20. The number of nitrogens with one attached hydrogen (secondary N) is 1. The predicted octanol–water partition coefficient (Wildman–Crippen LogP) is 14.6. The number of unbranched alkanes of at least 4 members (excludes halogenated alkanes) is 32. The SMILES string of the molecule is CCCCCCCCCCCCCCCC(=O)OC[C@H](COP(=O)(O)OCCNC(=O)CCCCCCCCCCC)OC(=O)CCCCCCCCCCCCCCC. The van der Waals surface area contributed by atoms with Crippen LogP contribution in [0.15, 0.2) is 0 Å². The largest absolute Gasteiger partial charge is 0.472 e. The molecule has 0 aromatic rings. The molecule has 0 aromatic heterocycles. The second-order valence-corrected chi connectivity index (χ2v) is 18.8. The van der Waals surface area contributed by atoms with Crippen molar-refractivity contribution >= 4 is 25.7 Å². The molecule has 0 fully saturated rings. The molecule has 0 saturated heterocycles. The summed E-state index contributed by atoms with van der Waals surface area (Å²) in [6, 6.07) is 0. The van der Waals surface area contributed by atoms with Crippen molar-refractivity contribution in [3.8, 4) is 0 Å². The van der Waals surface area contributed by atoms with Gasteiger partial charge in [-0.15, -0.1) is 0 Å². The summed E-state index contributed by atoms with van der Waals surface area (Å²) in [5.74, 6) is -0.967. The minimum atomic E-state index is -4.52. The van der Waals surface area contributed by atoms with Crippen LogP contribution in [0.3, 0.4) is 0 Å². The summed E-state index contributed by atoms with van der Waals surface area (Å²) in [6.45, 7) is 5.84. The zero-order chi connectivity index (χ0) is 44.0. The van der Waals surface area contributed by atoms with Crippen molar-refractivity contribution in [3.05, 3.63) is 0 Å². The van der Waals surface area contributed by atoms with Crippen LogP contribution in [0.1, 0.15) is 265 Å². The molecule has 1 amide bonds. The number of hydrogen-bond donors (Lipinski definition) is 2. The molecule has 356 valence electrons. The van der Waals surface area contributed by atoms with Crippen molar-refractivity contribution in [2.24, 2.45) is 0 Å². The molecular formula is C49H96NO9P. The van der Waals surface area contributed by atoms with Crippen LogP contribution >= 0.6 is 7.82 Å². The molecule has 0 rings (SSSR count). The number of amides is 1. The molecule has 10 nitrogen and oxygen atoms in total. The van der Waals surface area contributed by atoms with Gasteiger partial charge in [0.05, 0.1) is 13.2 Å². The Morgan fingerprint density at radius 2 is 0.783 bits per heavy atom. The van der Waals surface area contributed by atoms with Crippen LogP contribution in [0, 0.1) is 0 Å². The van der Waals surface area contributed by atoms with Gasteiger partial charge in [-0.2, -0.15) is 0 Å². The number of phosphoric acid groups is 1. The van der Waals surface area contributed by atoms with Gasteiger partial charge in [0.15, 0.2) is 6.10 Å². The lowest BCUT2D eigenvalue weighted by molar-refractivity contribution is -0.161. The van der Waals surface area contributed by atoms with Gasteiger partial charge >= 0.3 is 19.8 Å². The van der Waals surface area contributed by atoms with E-state index in [0.29, 0.717) is 12.8 Å². The van der Waals surface area contributed by atoms with Crippen molar-refractivity contribution in [1.82, 2.24) is 5.32 Å². The molecule has 2 atom stereocenters. The van der Waals surface area contributed by atoms with E-state index in [4.69, 9.17) is 18.5 Å². The topological polar surface area (TPSA) is 137 Å². The van der Waals surface area contributed by atoms with E-state index in [9.17, 15) is 23.8 Å². The standard InChI is InChI=1S/C49H96NO9P/c1-4-7-10-13-16-19-21-23-25-28-31-34-37-40-48(52)56-44-46(59-49(53)41-38-35-32-29-26-24-22-20-17-14-11-8-5-2)45-58-60(54,55)57-43-42-50-47(51)39-36-33-30-27-18-15-12-9-6-3/h46H,4-45H2,1-3H3,(H,50,51)(H,54,55)/t46-/m1/s1. The minimum absolute atomic E-state index is 0.0680. The smallest absolute Gasteiger partial charge is 0.462 e. The van der Waals surface area contributed by atoms with Gasteiger partial charge < -0.3 is 19.7 Å². The van der Waals surface area contributed by atoms with E-state index in [-0.39, 0.29) is 38.5 Å². The van der Waals surface area contributed by atoms with Crippen LogP contribution in [0.25, 0.3) is 0 Å². The zero-order valence-electron chi connectivity index (χ0n) is 39.4. The van der Waals surface area contributed by atoms with Crippen LogP contribution in [-0.4, -0.2) is 55.2 Å². The number of ether oxygens (including phenoxy) is 2. The van der Waals surface area contributed by atoms with E-state index in [1.54, 1.807) is 0 Å². The van der Waals surface area contributed by atoms with Crippen LogP contribution in [-0.2, 0) is 37.5 Å². The Balaban J connectivity index is 4.51. The highest BCUT2D eigenvalue weighted by molar-refractivity contribution is 7.47. The van der Waals surface area contributed by atoms with Gasteiger partial charge in [0, 0.05) is 25.8 Å². The Hall–Kier alpha value is -1.48. The third kappa shape index (κ3) is 44.6. The molecule has 0 aliphatic rings. The van der Waals surface area contributed by atoms with Crippen LogP contribution in [0.5, 0.6) is 0 Å². The molecular weight excluding hydrogens is 778 g/mol. The fraction of sp³-hybridized carbons (Fsp3) is 0.939. The molecule has 0 bridgehead atoms. The van der Waals surface area contributed by atoms with E-state index in [0.717, 1.165) is 57.8 Å². The molecule has 0 saturated carbocycles. The number of carbonyl (C=O) groups excluding carboxylic acids is 3. The van der Waals surface area contributed by atoms with Gasteiger partial charge in [0.25, 0.3) is 0 Å². The highest BCUT2D eigenvalue weighted by atomic mass is 31.2. The van der Waals surface area contributed by atoms with Gasteiger partial charge in [-0.05, 0) is 19.3 Å². The first-order valence-electron chi connectivity index (χ1n) is 25.5. The molecule has 1 unspecified atom stereocenters. The Kier molecular flexibility index (Phi) is 44.4. The number of carbonyl (C=O) groups is 3. The summed E-state index contributed by atoms with van der Waals surface area (Å²) in [7, 11) is -4.52. The molecule has 0 aliphatic heterocycles. The summed E-state index contributed by atoms with van der Waals surface area (Å²) in [4.78, 5) is 47.8. The first kappa shape index (κ1) is 58.5. The second kappa shape index (κ2) is 45.5. The van der Waals surface area contributed by atoms with Gasteiger partial charge in [0.2, 0.25) is 5.91 Å². The fourth-order valence-electron chi connectivity index (χ4n) is 7.44. The summed E-state index contributed by atoms with van der Waals surface area (Å²) < 4.78 is 33.9. The Labute approximate surface area is 369 Å². The van der Waals surface area contributed by atoms with Crippen molar-refractivity contribution in [1.29, 1.82) is 0 Å². The summed E-state index contributed by atoms with van der Waals surface area (Å²) >= 11 is 0. The first-order valence-corrected chi connectivity index (χ1v) is 27.0. The van der Waals surface area contributed by atoms with E-state index >= 15 is 0 Å². The summed E-state index contributed by atoms with van der Waals surface area (Å²) in [5.41, 5.74) is 0. The van der Waals surface area contributed by atoms with Gasteiger partial charge in [-0.3, -0.25) is 23.4 Å². The third-order valence-corrected chi connectivity index (χ3v) is 12.3. The first-order chi connectivity index (χ1) is 29.2. The lowest BCUT2D eigenvalue weighted by Crippen LogP contribution is -2.30. The highest BCUT2D eigenvalue weighted by Gasteiger charge is 2.26. The molecule has 0 spiro atoms. The average Bonchev–Trinajstić information content (AvgIpc) is 3.23. The number of hydrogen-bond acceptors (Lipinski definition) is 8. The summed E-state index contributed by atoms with van der Waals surface area (Å²) in [6.07, 6.45) is 41.8. The molecule has 11 heteroatoms. The number of phosphoric ester groups is 1.